The second-order valence-corrected chi connectivity index (χ2v) is 9.34. The SMILES string of the molecule is CC#C[C@@]1([C@@H](NC(=O)OCC2c3ccccc3-c3ccccc32)C(=O)O)CC[N+](C)(C)C1. The smallest absolute Gasteiger partial charge is 0.407 e. The molecule has 4 rings (SSSR count). The third-order valence-electron chi connectivity index (χ3n) is 6.65. The van der Waals surface area contributed by atoms with Gasteiger partial charge in [0.15, 0.2) is 6.04 Å². The lowest BCUT2D eigenvalue weighted by Crippen LogP contribution is -2.54. The molecule has 1 aliphatic heterocycles. The number of hydrogen-bond acceptors (Lipinski definition) is 3. The highest BCUT2D eigenvalue weighted by Gasteiger charge is 2.53. The molecular formula is C26H29N2O4+. The van der Waals surface area contributed by atoms with Gasteiger partial charge in [0.25, 0.3) is 0 Å². The second-order valence-electron chi connectivity index (χ2n) is 9.34. The maximum absolute atomic E-state index is 12.8. The molecule has 166 valence electrons. The molecule has 0 bridgehead atoms. The summed E-state index contributed by atoms with van der Waals surface area (Å²) in [6.45, 7) is 3.19. The number of fused-ring (bicyclic) bond motifs is 3. The summed E-state index contributed by atoms with van der Waals surface area (Å²) in [4.78, 5) is 24.9. The Morgan fingerprint density at radius 2 is 1.75 bits per heavy atom. The summed E-state index contributed by atoms with van der Waals surface area (Å²) in [5.41, 5.74) is 3.68. The quantitative estimate of drug-likeness (QED) is 0.559. The standard InChI is InChI=1S/C26H28N2O4/c1-4-13-26(14-15-28(2,3)17-26)23(24(29)30)27-25(31)32-16-22-20-11-7-5-9-18(20)19-10-6-8-12-21(19)22/h5-12,22-23H,14-17H2,1-3H3,(H-,27,29,30,31)/p+1/t23-,26+/m0/s1. The summed E-state index contributed by atoms with van der Waals surface area (Å²) >= 11 is 0. The first-order chi connectivity index (χ1) is 15.3. The Kier molecular flexibility index (Phi) is 5.70. The zero-order valence-electron chi connectivity index (χ0n) is 18.7. The number of amides is 1. The van der Waals surface area contributed by atoms with Gasteiger partial charge in [0, 0.05) is 12.3 Å². The van der Waals surface area contributed by atoms with Crippen LogP contribution in [0.5, 0.6) is 0 Å². The van der Waals surface area contributed by atoms with Crippen molar-refractivity contribution in [3.05, 3.63) is 59.7 Å². The number of benzene rings is 2. The first-order valence-corrected chi connectivity index (χ1v) is 10.9. The van der Waals surface area contributed by atoms with Gasteiger partial charge in [-0.2, -0.15) is 0 Å². The minimum absolute atomic E-state index is 0.0806. The highest BCUT2D eigenvalue weighted by molar-refractivity contribution is 5.82. The van der Waals surface area contributed by atoms with E-state index in [-0.39, 0.29) is 12.5 Å². The van der Waals surface area contributed by atoms with Crippen molar-refractivity contribution in [2.75, 3.05) is 33.8 Å². The van der Waals surface area contributed by atoms with Gasteiger partial charge < -0.3 is 19.6 Å². The predicted molar refractivity (Wildman–Crippen MR) is 122 cm³/mol. The van der Waals surface area contributed by atoms with Gasteiger partial charge in [-0.25, -0.2) is 9.59 Å². The summed E-state index contributed by atoms with van der Waals surface area (Å²) < 4.78 is 6.25. The number of hydrogen-bond donors (Lipinski definition) is 2. The Balaban J connectivity index is 1.51. The van der Waals surface area contributed by atoms with E-state index in [0.717, 1.165) is 28.8 Å². The van der Waals surface area contributed by atoms with E-state index < -0.39 is 23.5 Å². The van der Waals surface area contributed by atoms with Crippen LogP contribution in [0.3, 0.4) is 0 Å². The minimum atomic E-state index is -1.13. The Hall–Kier alpha value is -3.30. The summed E-state index contributed by atoms with van der Waals surface area (Å²) in [7, 11) is 4.09. The van der Waals surface area contributed by atoms with E-state index in [4.69, 9.17) is 4.74 Å². The molecule has 2 aromatic rings. The van der Waals surface area contributed by atoms with E-state index in [0.29, 0.717) is 17.4 Å². The van der Waals surface area contributed by atoms with Crippen LogP contribution < -0.4 is 5.32 Å². The van der Waals surface area contributed by atoms with E-state index in [2.05, 4.69) is 29.3 Å². The van der Waals surface area contributed by atoms with Crippen molar-refractivity contribution in [1.82, 2.24) is 5.32 Å². The molecule has 0 unspecified atom stereocenters. The summed E-state index contributed by atoms with van der Waals surface area (Å²) in [6, 6.07) is 15.1. The normalized spacial score (nSPS) is 21.6. The number of nitrogens with one attached hydrogen (secondary N) is 1. The predicted octanol–water partition coefficient (Wildman–Crippen LogP) is 3.47. The van der Waals surface area contributed by atoms with Crippen LogP contribution in [0.15, 0.2) is 48.5 Å². The zero-order valence-corrected chi connectivity index (χ0v) is 18.7. The lowest BCUT2D eigenvalue weighted by atomic mass is 9.79. The molecule has 0 aromatic heterocycles. The number of carbonyl (C=O) groups is 2. The fourth-order valence-corrected chi connectivity index (χ4v) is 5.28. The van der Waals surface area contributed by atoms with Crippen LogP contribution in [-0.2, 0) is 9.53 Å². The number of alkyl carbamates (subject to hydrolysis) is 1. The van der Waals surface area contributed by atoms with Crippen LogP contribution in [0.25, 0.3) is 11.1 Å². The number of nitrogens with zero attached hydrogens (tertiary/aromatic N) is 1. The van der Waals surface area contributed by atoms with Gasteiger partial charge in [0.2, 0.25) is 0 Å². The van der Waals surface area contributed by atoms with Crippen LogP contribution in [0.2, 0.25) is 0 Å². The van der Waals surface area contributed by atoms with Crippen molar-refractivity contribution in [2.45, 2.75) is 25.3 Å². The first-order valence-electron chi connectivity index (χ1n) is 10.9. The Morgan fingerprint density at radius 3 is 2.25 bits per heavy atom. The summed E-state index contributed by atoms with van der Waals surface area (Å²) in [5, 5.41) is 12.6. The average molecular weight is 434 g/mol. The molecule has 2 aromatic carbocycles. The van der Waals surface area contributed by atoms with Gasteiger partial charge in [-0.15, -0.1) is 5.92 Å². The molecule has 6 nitrogen and oxygen atoms in total. The maximum atomic E-state index is 12.8. The molecule has 0 saturated carbocycles. The van der Waals surface area contributed by atoms with Gasteiger partial charge in [-0.05, 0) is 29.2 Å². The number of likely N-dealkylation sites (tertiary alicyclic amines) is 1. The van der Waals surface area contributed by atoms with Crippen molar-refractivity contribution in [2.24, 2.45) is 5.41 Å². The van der Waals surface area contributed by atoms with Crippen LogP contribution in [0.4, 0.5) is 4.79 Å². The fraction of sp³-hybridized carbons (Fsp3) is 0.385. The lowest BCUT2D eigenvalue weighted by molar-refractivity contribution is -0.880. The Morgan fingerprint density at radius 1 is 1.16 bits per heavy atom. The van der Waals surface area contributed by atoms with Crippen molar-refractivity contribution in [1.29, 1.82) is 0 Å². The molecular weight excluding hydrogens is 404 g/mol. The van der Waals surface area contributed by atoms with Gasteiger partial charge in [0.1, 0.15) is 12.0 Å². The van der Waals surface area contributed by atoms with Crippen molar-refractivity contribution in [3.8, 4) is 23.0 Å². The highest BCUT2D eigenvalue weighted by Crippen LogP contribution is 2.44. The molecule has 1 aliphatic carbocycles. The van der Waals surface area contributed by atoms with Gasteiger partial charge >= 0.3 is 12.1 Å². The summed E-state index contributed by atoms with van der Waals surface area (Å²) in [6.07, 6.45) is -0.129. The average Bonchev–Trinajstić information content (AvgIpc) is 3.25. The molecule has 32 heavy (non-hydrogen) atoms. The van der Waals surface area contributed by atoms with E-state index in [1.165, 1.54) is 0 Å². The molecule has 6 heteroatoms. The Bertz CT molecular complexity index is 1070. The molecule has 1 amide bonds. The van der Waals surface area contributed by atoms with Crippen molar-refractivity contribution >= 4 is 12.1 Å². The fourth-order valence-electron chi connectivity index (χ4n) is 5.28. The van der Waals surface area contributed by atoms with Crippen LogP contribution in [0.1, 0.15) is 30.4 Å². The minimum Gasteiger partial charge on any atom is -0.480 e. The van der Waals surface area contributed by atoms with E-state index in [1.54, 1.807) is 6.92 Å². The molecule has 1 fully saturated rings. The number of carboxylic acid groups (broad SMARTS) is 1. The van der Waals surface area contributed by atoms with Crippen molar-refractivity contribution in [3.63, 3.8) is 0 Å². The third-order valence-corrected chi connectivity index (χ3v) is 6.65. The molecule has 1 heterocycles. The van der Waals surface area contributed by atoms with Gasteiger partial charge in [0.05, 0.1) is 27.2 Å². The second kappa shape index (κ2) is 8.33. The van der Waals surface area contributed by atoms with Gasteiger partial charge in [-0.1, -0.05) is 54.5 Å². The number of quaternary nitrogens is 1. The maximum Gasteiger partial charge on any atom is 0.407 e. The zero-order chi connectivity index (χ0) is 22.9. The van der Waals surface area contributed by atoms with E-state index in [1.807, 2.05) is 50.5 Å². The Labute approximate surface area is 188 Å². The number of carbonyl (C=O) groups excluding carboxylic acids is 1. The molecule has 1 saturated heterocycles. The molecule has 0 spiro atoms. The summed E-state index contributed by atoms with van der Waals surface area (Å²) in [5.74, 6) is 4.81. The third kappa shape index (κ3) is 3.96. The van der Waals surface area contributed by atoms with E-state index >= 15 is 0 Å². The first kappa shape index (κ1) is 21.9. The van der Waals surface area contributed by atoms with Crippen LogP contribution in [0, 0.1) is 17.3 Å². The van der Waals surface area contributed by atoms with E-state index in [9.17, 15) is 14.7 Å². The van der Waals surface area contributed by atoms with Crippen LogP contribution in [-0.4, -0.2) is 61.5 Å². The highest BCUT2D eigenvalue weighted by atomic mass is 16.5. The van der Waals surface area contributed by atoms with Crippen LogP contribution >= 0.6 is 0 Å². The largest absolute Gasteiger partial charge is 0.480 e. The molecule has 2 N–H and O–H groups in total. The molecule has 2 atom stereocenters. The lowest BCUT2D eigenvalue weighted by Gasteiger charge is -2.31. The van der Waals surface area contributed by atoms with Crippen molar-refractivity contribution < 1.29 is 23.9 Å². The number of aliphatic carboxylic acids is 1. The molecule has 0 radical (unpaired) electrons. The van der Waals surface area contributed by atoms with Gasteiger partial charge in [-0.3, -0.25) is 0 Å². The monoisotopic (exact) mass is 433 g/mol. The molecule has 2 aliphatic rings. The number of carboxylic acids is 1. The number of rotatable bonds is 5. The topological polar surface area (TPSA) is 75.6 Å². The number of ether oxygens (including phenoxy) is 1.